The molecule has 1 saturated carbocycles. The van der Waals surface area contributed by atoms with Crippen LogP contribution in [0.15, 0.2) is 24.3 Å². The van der Waals surface area contributed by atoms with Gasteiger partial charge < -0.3 is 14.0 Å². The fourth-order valence-electron chi connectivity index (χ4n) is 4.80. The number of carbonyl (C=O) groups is 2. The maximum absolute atomic E-state index is 14.6. The van der Waals surface area contributed by atoms with Gasteiger partial charge in [0.05, 0.1) is 14.2 Å². The van der Waals surface area contributed by atoms with Crippen molar-refractivity contribution in [3.8, 4) is 11.5 Å². The minimum atomic E-state index is -4.00. The molecule has 2 aromatic rings. The lowest BCUT2D eigenvalue weighted by Gasteiger charge is -2.25. The number of benzene rings is 2. The lowest BCUT2D eigenvalue weighted by Crippen LogP contribution is -2.22. The van der Waals surface area contributed by atoms with Crippen LogP contribution >= 0.6 is 7.14 Å². The van der Waals surface area contributed by atoms with Gasteiger partial charge in [0.25, 0.3) is 0 Å². The zero-order valence-electron chi connectivity index (χ0n) is 19.2. The van der Waals surface area contributed by atoms with E-state index in [1.807, 2.05) is 39.8 Å². The SMILES string of the molecule is COc1cc(C)cc(OC)c1C(=O)P(=O)(C(=O)c1c(C)cc(C)cc1C)C1CCCC1. The largest absolute Gasteiger partial charge is 0.496 e. The topological polar surface area (TPSA) is 69.7 Å². The van der Waals surface area contributed by atoms with Crippen molar-refractivity contribution in [1.82, 2.24) is 0 Å². The summed E-state index contributed by atoms with van der Waals surface area (Å²) in [6.07, 6.45) is 2.94. The van der Waals surface area contributed by atoms with Crippen molar-refractivity contribution >= 4 is 18.2 Å². The highest BCUT2D eigenvalue weighted by atomic mass is 31.2. The second kappa shape index (κ2) is 9.00. The Labute approximate surface area is 184 Å². The number of hydrogen-bond acceptors (Lipinski definition) is 5. The van der Waals surface area contributed by atoms with E-state index in [0.29, 0.717) is 18.4 Å². The molecule has 1 aliphatic rings. The number of rotatable bonds is 7. The number of carbonyl (C=O) groups excluding carboxylic acids is 2. The van der Waals surface area contributed by atoms with Crippen LogP contribution in [0.4, 0.5) is 0 Å². The molecule has 0 aromatic heterocycles. The molecular formula is C25H31O5P. The molecule has 0 aliphatic heterocycles. The number of aryl methyl sites for hydroxylation is 4. The third-order valence-electron chi connectivity index (χ3n) is 6.20. The minimum Gasteiger partial charge on any atom is -0.496 e. The molecule has 0 saturated heterocycles. The van der Waals surface area contributed by atoms with Crippen molar-refractivity contribution in [2.45, 2.75) is 59.0 Å². The molecule has 1 unspecified atom stereocenters. The third-order valence-corrected chi connectivity index (χ3v) is 9.40. The molecule has 0 N–H and O–H groups in total. The fourth-order valence-corrected chi connectivity index (χ4v) is 7.97. The lowest BCUT2D eigenvalue weighted by molar-refractivity contribution is 0.103. The molecule has 31 heavy (non-hydrogen) atoms. The molecule has 2 aromatic carbocycles. The van der Waals surface area contributed by atoms with E-state index in [0.717, 1.165) is 35.1 Å². The number of methoxy groups -OCH3 is 2. The predicted molar refractivity (Wildman–Crippen MR) is 123 cm³/mol. The quantitative estimate of drug-likeness (QED) is 0.476. The number of ether oxygens (including phenoxy) is 2. The van der Waals surface area contributed by atoms with Gasteiger partial charge in [0.15, 0.2) is 0 Å². The summed E-state index contributed by atoms with van der Waals surface area (Å²) in [5, 5.41) is 0. The maximum Gasteiger partial charge on any atom is 0.236 e. The van der Waals surface area contributed by atoms with Crippen molar-refractivity contribution in [2.24, 2.45) is 0 Å². The minimum absolute atomic E-state index is 0.0987. The normalized spacial score (nSPS) is 16.1. The molecule has 3 rings (SSSR count). The monoisotopic (exact) mass is 442 g/mol. The van der Waals surface area contributed by atoms with E-state index in [4.69, 9.17) is 9.47 Å². The van der Waals surface area contributed by atoms with Gasteiger partial charge >= 0.3 is 0 Å². The Bertz CT molecular complexity index is 1030. The first-order valence-corrected chi connectivity index (χ1v) is 12.4. The Kier molecular flexibility index (Phi) is 6.76. The van der Waals surface area contributed by atoms with Crippen LogP contribution in [0.1, 0.15) is 68.7 Å². The first-order chi connectivity index (χ1) is 14.6. The van der Waals surface area contributed by atoms with E-state index in [-0.39, 0.29) is 17.1 Å². The molecule has 1 fully saturated rings. The van der Waals surface area contributed by atoms with E-state index in [1.165, 1.54) is 14.2 Å². The molecule has 0 spiro atoms. The third kappa shape index (κ3) is 4.08. The summed E-state index contributed by atoms with van der Waals surface area (Å²) in [6, 6.07) is 7.22. The Balaban J connectivity index is 2.25. The summed E-state index contributed by atoms with van der Waals surface area (Å²) >= 11 is 0. The van der Waals surface area contributed by atoms with Gasteiger partial charge in [-0.2, -0.15) is 0 Å². The smallest absolute Gasteiger partial charge is 0.236 e. The molecule has 1 aliphatic carbocycles. The predicted octanol–water partition coefficient (Wildman–Crippen LogP) is 6.22. The molecule has 0 amide bonds. The highest BCUT2D eigenvalue weighted by Crippen LogP contribution is 2.62. The Hall–Kier alpha value is -2.39. The highest BCUT2D eigenvalue weighted by Gasteiger charge is 2.50. The first-order valence-electron chi connectivity index (χ1n) is 10.6. The summed E-state index contributed by atoms with van der Waals surface area (Å²) in [7, 11) is -1.08. The van der Waals surface area contributed by atoms with E-state index in [9.17, 15) is 14.2 Å². The summed E-state index contributed by atoms with van der Waals surface area (Å²) < 4.78 is 25.5. The zero-order chi connectivity index (χ0) is 22.9. The summed E-state index contributed by atoms with van der Waals surface area (Å²) in [5.74, 6) is 0.565. The Morgan fingerprint density at radius 3 is 1.65 bits per heavy atom. The van der Waals surface area contributed by atoms with Crippen molar-refractivity contribution in [2.75, 3.05) is 14.2 Å². The van der Waals surface area contributed by atoms with E-state index < -0.39 is 23.8 Å². The van der Waals surface area contributed by atoms with Gasteiger partial charge in [0, 0.05) is 11.2 Å². The second-order valence-electron chi connectivity index (χ2n) is 8.52. The van der Waals surface area contributed by atoms with Crippen LogP contribution in [0.2, 0.25) is 0 Å². The molecule has 6 heteroatoms. The first kappa shape index (κ1) is 23.3. The summed E-state index contributed by atoms with van der Waals surface area (Å²) in [5.41, 5.74) is 2.21. The molecular weight excluding hydrogens is 411 g/mol. The molecule has 0 radical (unpaired) electrons. The fraction of sp³-hybridized carbons (Fsp3) is 0.440. The average molecular weight is 442 g/mol. The van der Waals surface area contributed by atoms with Crippen molar-refractivity contribution in [3.05, 3.63) is 57.6 Å². The van der Waals surface area contributed by atoms with E-state index in [2.05, 4.69) is 0 Å². The van der Waals surface area contributed by atoms with Gasteiger partial charge in [-0.1, -0.05) is 30.5 Å². The van der Waals surface area contributed by atoms with Crippen LogP contribution in [-0.4, -0.2) is 30.9 Å². The molecule has 0 bridgehead atoms. The average Bonchev–Trinajstić information content (AvgIpc) is 3.26. The van der Waals surface area contributed by atoms with Crippen LogP contribution in [0.25, 0.3) is 0 Å². The van der Waals surface area contributed by atoms with Crippen molar-refractivity contribution in [3.63, 3.8) is 0 Å². The van der Waals surface area contributed by atoms with Crippen molar-refractivity contribution in [1.29, 1.82) is 0 Å². The van der Waals surface area contributed by atoms with Crippen LogP contribution < -0.4 is 9.47 Å². The van der Waals surface area contributed by atoms with Gasteiger partial charge in [-0.05, 0) is 69.4 Å². The van der Waals surface area contributed by atoms with Crippen LogP contribution in [0.3, 0.4) is 0 Å². The van der Waals surface area contributed by atoms with Crippen LogP contribution in [-0.2, 0) is 4.57 Å². The Morgan fingerprint density at radius 1 is 0.774 bits per heavy atom. The standard InChI is InChI=1S/C25H31O5P/c1-15-11-17(3)22(18(4)12-15)24(26)31(28,19-9-7-8-10-19)25(27)23-20(29-5)13-16(2)14-21(23)30-6/h11-14,19H,7-10H2,1-6H3. The van der Waals surface area contributed by atoms with E-state index in [1.54, 1.807) is 12.1 Å². The zero-order valence-corrected chi connectivity index (χ0v) is 20.1. The maximum atomic E-state index is 14.6. The molecule has 166 valence electrons. The van der Waals surface area contributed by atoms with Crippen LogP contribution in [0.5, 0.6) is 11.5 Å². The molecule has 0 heterocycles. The molecule has 1 atom stereocenters. The van der Waals surface area contributed by atoms with Crippen LogP contribution in [0, 0.1) is 27.7 Å². The highest BCUT2D eigenvalue weighted by molar-refractivity contribution is 7.96. The second-order valence-corrected chi connectivity index (χ2v) is 11.4. The van der Waals surface area contributed by atoms with Gasteiger partial charge in [0.2, 0.25) is 18.2 Å². The van der Waals surface area contributed by atoms with Gasteiger partial charge in [0.1, 0.15) is 17.1 Å². The van der Waals surface area contributed by atoms with E-state index >= 15 is 0 Å². The Morgan fingerprint density at radius 2 is 1.19 bits per heavy atom. The van der Waals surface area contributed by atoms with Gasteiger partial charge in [-0.3, -0.25) is 9.59 Å². The van der Waals surface area contributed by atoms with Gasteiger partial charge in [-0.15, -0.1) is 0 Å². The summed E-state index contributed by atoms with van der Waals surface area (Å²) in [6.45, 7) is 7.49. The summed E-state index contributed by atoms with van der Waals surface area (Å²) in [4.78, 5) is 27.9. The number of hydrogen-bond donors (Lipinski definition) is 0. The molecule has 5 nitrogen and oxygen atoms in total. The lowest BCUT2D eigenvalue weighted by atomic mass is 10.0. The van der Waals surface area contributed by atoms with Crippen molar-refractivity contribution < 1.29 is 23.6 Å². The van der Waals surface area contributed by atoms with Gasteiger partial charge in [-0.25, -0.2) is 0 Å².